The number of amides is 1. The lowest BCUT2D eigenvalue weighted by Gasteiger charge is -2.25. The zero-order chi connectivity index (χ0) is 25.2. The highest BCUT2D eigenvalue weighted by Crippen LogP contribution is 2.41. The van der Waals surface area contributed by atoms with Gasteiger partial charge in [-0.2, -0.15) is 0 Å². The number of carbonyl (C=O) groups excluding carboxylic acids is 2. The van der Waals surface area contributed by atoms with Crippen LogP contribution in [0.1, 0.15) is 35.2 Å². The van der Waals surface area contributed by atoms with Crippen molar-refractivity contribution in [3.63, 3.8) is 0 Å². The first-order valence-electron chi connectivity index (χ1n) is 11.9. The second-order valence-corrected chi connectivity index (χ2v) is 9.04. The Balaban J connectivity index is 1.59. The van der Waals surface area contributed by atoms with Crippen molar-refractivity contribution in [1.82, 2.24) is 4.90 Å². The van der Waals surface area contributed by atoms with Crippen LogP contribution in [0.5, 0.6) is 11.5 Å². The summed E-state index contributed by atoms with van der Waals surface area (Å²) in [5.74, 6) is -0.120. The maximum absolute atomic E-state index is 13.3. The number of likely N-dealkylation sites (tertiary alicyclic amines) is 1. The Morgan fingerprint density at radius 2 is 1.86 bits per heavy atom. The molecule has 0 aliphatic carbocycles. The van der Waals surface area contributed by atoms with Crippen LogP contribution in [-0.4, -0.2) is 34.4 Å². The molecule has 2 heterocycles. The van der Waals surface area contributed by atoms with Gasteiger partial charge in [-0.1, -0.05) is 55.1 Å². The molecule has 5 rings (SSSR count). The van der Waals surface area contributed by atoms with Gasteiger partial charge in [0.2, 0.25) is 0 Å². The van der Waals surface area contributed by atoms with E-state index in [4.69, 9.17) is 9.47 Å². The van der Waals surface area contributed by atoms with Gasteiger partial charge < -0.3 is 19.5 Å². The number of benzene rings is 3. The Kier molecular flexibility index (Phi) is 6.34. The van der Waals surface area contributed by atoms with E-state index < -0.39 is 17.7 Å². The van der Waals surface area contributed by atoms with Crippen molar-refractivity contribution in [2.24, 2.45) is 0 Å². The van der Waals surface area contributed by atoms with Gasteiger partial charge in [-0.3, -0.25) is 9.59 Å². The van der Waals surface area contributed by atoms with E-state index in [-0.39, 0.29) is 24.0 Å². The van der Waals surface area contributed by atoms with Gasteiger partial charge in [0.1, 0.15) is 30.0 Å². The minimum Gasteiger partial charge on any atom is -0.507 e. The molecule has 1 saturated heterocycles. The van der Waals surface area contributed by atoms with E-state index in [0.29, 0.717) is 29.9 Å². The number of fused-ring (bicyclic) bond motifs is 1. The standard InChI is InChI=1S/C30H27NO5/c1-3-15-35-24-12-9-21(10-13-24)27-26(28(32)22-11-14-25-23(17-22)16-19(2)36-25)29(33)30(34)31(27)18-20-7-5-4-6-8-20/h3-14,17,19,27,32H,1,15-16,18H2,2H3/b28-26+/t19-,27-/m1/s1. The molecule has 0 radical (unpaired) electrons. The van der Waals surface area contributed by atoms with Crippen LogP contribution in [0.2, 0.25) is 0 Å². The van der Waals surface area contributed by atoms with Gasteiger partial charge in [-0.25, -0.2) is 0 Å². The second kappa shape index (κ2) is 9.74. The Bertz CT molecular complexity index is 1340. The zero-order valence-electron chi connectivity index (χ0n) is 20.0. The van der Waals surface area contributed by atoms with E-state index in [1.807, 2.05) is 55.5 Å². The number of rotatable bonds is 7. The van der Waals surface area contributed by atoms with Gasteiger partial charge in [0, 0.05) is 18.5 Å². The molecule has 36 heavy (non-hydrogen) atoms. The van der Waals surface area contributed by atoms with Crippen LogP contribution in [-0.2, 0) is 22.6 Å². The third-order valence-corrected chi connectivity index (χ3v) is 6.47. The summed E-state index contributed by atoms with van der Waals surface area (Å²) >= 11 is 0. The summed E-state index contributed by atoms with van der Waals surface area (Å²) in [6.45, 7) is 6.24. The fourth-order valence-corrected chi connectivity index (χ4v) is 4.80. The second-order valence-electron chi connectivity index (χ2n) is 9.04. The molecule has 1 amide bonds. The number of carbonyl (C=O) groups is 2. The number of aliphatic hydroxyl groups excluding tert-OH is 1. The van der Waals surface area contributed by atoms with Crippen LogP contribution in [0.3, 0.4) is 0 Å². The van der Waals surface area contributed by atoms with Crippen molar-refractivity contribution in [2.45, 2.75) is 32.0 Å². The van der Waals surface area contributed by atoms with Crippen LogP contribution < -0.4 is 9.47 Å². The average molecular weight is 482 g/mol. The van der Waals surface area contributed by atoms with Crippen LogP contribution in [0.25, 0.3) is 5.76 Å². The Labute approximate surface area is 210 Å². The quantitative estimate of drug-likeness (QED) is 0.217. The highest BCUT2D eigenvalue weighted by molar-refractivity contribution is 6.46. The van der Waals surface area contributed by atoms with Crippen LogP contribution in [0.15, 0.2) is 91.0 Å². The summed E-state index contributed by atoms with van der Waals surface area (Å²) in [5, 5.41) is 11.4. The first-order chi connectivity index (χ1) is 17.5. The fraction of sp³-hybridized carbons (Fsp3) is 0.200. The Morgan fingerprint density at radius 1 is 1.11 bits per heavy atom. The van der Waals surface area contributed by atoms with Gasteiger partial charge in [0.25, 0.3) is 11.7 Å². The Hall–Kier alpha value is -4.32. The molecule has 2 aliphatic heterocycles. The number of hydrogen-bond donors (Lipinski definition) is 1. The number of aliphatic hydroxyl groups is 1. The smallest absolute Gasteiger partial charge is 0.295 e. The van der Waals surface area contributed by atoms with Gasteiger partial charge in [0.05, 0.1) is 11.6 Å². The highest BCUT2D eigenvalue weighted by atomic mass is 16.5. The lowest BCUT2D eigenvalue weighted by Crippen LogP contribution is -2.29. The topological polar surface area (TPSA) is 76.1 Å². The summed E-state index contributed by atoms with van der Waals surface area (Å²) < 4.78 is 11.4. The number of Topliss-reactive ketones (excluding diaryl/α,β-unsaturated/α-hetero) is 1. The maximum atomic E-state index is 13.3. The SMILES string of the molecule is C=CCOc1ccc([C@@H]2/C(=C(\O)c3ccc4c(c3)C[C@@H](C)O4)C(=O)C(=O)N2Cc2ccccc2)cc1. The van der Waals surface area contributed by atoms with E-state index in [1.165, 1.54) is 4.90 Å². The van der Waals surface area contributed by atoms with Crippen molar-refractivity contribution < 1.29 is 24.2 Å². The first kappa shape index (κ1) is 23.4. The van der Waals surface area contributed by atoms with Gasteiger partial charge in [-0.05, 0) is 53.9 Å². The van der Waals surface area contributed by atoms with Crippen LogP contribution >= 0.6 is 0 Å². The van der Waals surface area contributed by atoms with Gasteiger partial charge in [0.15, 0.2) is 0 Å². The van der Waals surface area contributed by atoms with Gasteiger partial charge >= 0.3 is 0 Å². The molecule has 2 aliphatic rings. The maximum Gasteiger partial charge on any atom is 0.295 e. The Morgan fingerprint density at radius 3 is 2.58 bits per heavy atom. The third-order valence-electron chi connectivity index (χ3n) is 6.47. The third kappa shape index (κ3) is 4.38. The van der Waals surface area contributed by atoms with Crippen molar-refractivity contribution in [1.29, 1.82) is 0 Å². The van der Waals surface area contributed by atoms with Crippen molar-refractivity contribution >= 4 is 17.4 Å². The summed E-state index contributed by atoms with van der Waals surface area (Å²) in [7, 11) is 0. The molecule has 2 atom stereocenters. The molecule has 1 N–H and O–H groups in total. The van der Waals surface area contributed by atoms with E-state index in [9.17, 15) is 14.7 Å². The van der Waals surface area contributed by atoms with Gasteiger partial charge in [-0.15, -0.1) is 0 Å². The molecular weight excluding hydrogens is 454 g/mol. The molecule has 0 spiro atoms. The molecule has 0 aromatic heterocycles. The molecule has 3 aromatic rings. The number of hydrogen-bond acceptors (Lipinski definition) is 5. The van der Waals surface area contributed by atoms with E-state index in [1.54, 1.807) is 30.3 Å². The molecule has 0 saturated carbocycles. The molecule has 0 bridgehead atoms. The normalized spacial score (nSPS) is 20.2. The first-order valence-corrected chi connectivity index (χ1v) is 11.9. The molecule has 1 fully saturated rings. The largest absolute Gasteiger partial charge is 0.507 e. The molecular formula is C30H27NO5. The van der Waals surface area contributed by atoms with Crippen molar-refractivity contribution in [2.75, 3.05) is 6.61 Å². The lowest BCUT2D eigenvalue weighted by atomic mass is 9.94. The van der Waals surface area contributed by atoms with Crippen LogP contribution in [0.4, 0.5) is 0 Å². The highest BCUT2D eigenvalue weighted by Gasteiger charge is 2.46. The number of nitrogens with zero attached hydrogens (tertiary/aromatic N) is 1. The number of ketones is 1. The van der Waals surface area contributed by atoms with Crippen molar-refractivity contribution in [3.8, 4) is 11.5 Å². The molecule has 3 aromatic carbocycles. The zero-order valence-corrected chi connectivity index (χ0v) is 20.0. The molecule has 6 nitrogen and oxygen atoms in total. The molecule has 182 valence electrons. The predicted octanol–water partition coefficient (Wildman–Crippen LogP) is 5.20. The minimum atomic E-state index is -0.748. The van der Waals surface area contributed by atoms with E-state index in [2.05, 4.69) is 6.58 Å². The summed E-state index contributed by atoms with van der Waals surface area (Å²) in [6.07, 6.45) is 2.43. The summed E-state index contributed by atoms with van der Waals surface area (Å²) in [4.78, 5) is 28.1. The lowest BCUT2D eigenvalue weighted by molar-refractivity contribution is -0.140. The van der Waals surface area contributed by atoms with Crippen LogP contribution in [0, 0.1) is 0 Å². The molecule has 6 heteroatoms. The number of ether oxygens (including phenoxy) is 2. The average Bonchev–Trinajstić information content (AvgIpc) is 3.39. The monoisotopic (exact) mass is 481 g/mol. The van der Waals surface area contributed by atoms with E-state index >= 15 is 0 Å². The van der Waals surface area contributed by atoms with Crippen molar-refractivity contribution in [3.05, 3.63) is 113 Å². The predicted molar refractivity (Wildman–Crippen MR) is 137 cm³/mol. The fourth-order valence-electron chi connectivity index (χ4n) is 4.80. The molecule has 0 unspecified atom stereocenters. The summed E-state index contributed by atoms with van der Waals surface area (Å²) in [5.41, 5.74) is 3.11. The minimum absolute atomic E-state index is 0.0515. The van der Waals surface area contributed by atoms with E-state index in [0.717, 1.165) is 16.9 Å². The summed E-state index contributed by atoms with van der Waals surface area (Å²) in [6, 6.07) is 21.3.